The largest absolute Gasteiger partial charge is 0.433 e. The molecule has 0 unspecified atom stereocenters. The first kappa shape index (κ1) is 19.8. The maximum absolute atomic E-state index is 13.3. The van der Waals surface area contributed by atoms with Gasteiger partial charge in [-0.25, -0.2) is 9.97 Å². The lowest BCUT2D eigenvalue weighted by atomic mass is 10.2. The molecule has 0 aliphatic rings. The van der Waals surface area contributed by atoms with Crippen molar-refractivity contribution in [2.45, 2.75) is 26.6 Å². The van der Waals surface area contributed by atoms with Gasteiger partial charge >= 0.3 is 6.18 Å². The minimum atomic E-state index is -4.59. The molecule has 0 amide bonds. The summed E-state index contributed by atoms with van der Waals surface area (Å²) in [6.45, 7) is 4.57. The molecule has 2 rings (SSSR count). The van der Waals surface area contributed by atoms with Crippen LogP contribution in [0.25, 0.3) is 0 Å². The Kier molecular flexibility index (Phi) is 6.48. The minimum absolute atomic E-state index is 0.0131. The van der Waals surface area contributed by atoms with Crippen molar-refractivity contribution in [3.05, 3.63) is 45.7 Å². The van der Waals surface area contributed by atoms with Crippen LogP contribution >= 0.6 is 23.2 Å². The summed E-state index contributed by atoms with van der Waals surface area (Å²) in [6, 6.07) is 4.57. The van der Waals surface area contributed by atoms with E-state index in [1.54, 1.807) is 12.1 Å². The highest BCUT2D eigenvalue weighted by molar-refractivity contribution is 6.36. The first-order chi connectivity index (χ1) is 11.7. The number of aromatic nitrogens is 2. The molecule has 0 saturated carbocycles. The third kappa shape index (κ3) is 5.73. The summed E-state index contributed by atoms with van der Waals surface area (Å²) < 4.78 is 39.9. The summed E-state index contributed by atoms with van der Waals surface area (Å²) >= 11 is 11.8. The molecule has 136 valence electrons. The fraction of sp³-hybridized carbons (Fsp3) is 0.375. The molecule has 9 heteroatoms. The van der Waals surface area contributed by atoms with Crippen LogP contribution in [-0.2, 0) is 12.7 Å². The van der Waals surface area contributed by atoms with Crippen LogP contribution in [0.15, 0.2) is 24.4 Å². The molecule has 0 aliphatic heterocycles. The Morgan fingerprint density at radius 3 is 2.52 bits per heavy atom. The lowest BCUT2D eigenvalue weighted by molar-refractivity contribution is -0.141. The minimum Gasteiger partial charge on any atom is -0.323 e. The zero-order valence-electron chi connectivity index (χ0n) is 13.6. The lowest BCUT2D eigenvalue weighted by Gasteiger charge is -2.15. The average molecular weight is 393 g/mol. The topological polar surface area (TPSA) is 49.8 Å². The molecule has 1 aromatic carbocycles. The normalized spacial score (nSPS) is 11.8. The van der Waals surface area contributed by atoms with Gasteiger partial charge in [-0.05, 0) is 30.7 Å². The summed E-state index contributed by atoms with van der Waals surface area (Å²) in [4.78, 5) is 7.58. The van der Waals surface area contributed by atoms with Gasteiger partial charge < -0.3 is 10.6 Å². The lowest BCUT2D eigenvalue weighted by Crippen LogP contribution is -2.23. The maximum atomic E-state index is 13.3. The molecule has 0 spiro atoms. The molecule has 2 aromatic rings. The number of halogens is 5. The second kappa shape index (κ2) is 8.21. The molecule has 0 aliphatic carbocycles. The van der Waals surface area contributed by atoms with E-state index in [2.05, 4.69) is 20.6 Å². The Hall–Kier alpha value is -1.57. The number of hydrogen-bond donors (Lipinski definition) is 2. The van der Waals surface area contributed by atoms with Crippen molar-refractivity contribution < 1.29 is 13.2 Å². The summed E-state index contributed by atoms with van der Waals surface area (Å²) in [5.41, 5.74) is -0.628. The molecule has 1 aromatic heterocycles. The SMILES string of the molecule is CC(C)CNCc1cnc(Nc2ccc(Cl)cc2Cl)nc1C(F)(F)F. The molecule has 0 bridgehead atoms. The molecule has 4 nitrogen and oxygen atoms in total. The number of benzene rings is 1. The van der Waals surface area contributed by atoms with Crippen LogP contribution in [-0.4, -0.2) is 16.5 Å². The molecular weight excluding hydrogens is 376 g/mol. The third-order valence-electron chi connectivity index (χ3n) is 3.18. The van der Waals surface area contributed by atoms with Crippen LogP contribution in [0, 0.1) is 5.92 Å². The monoisotopic (exact) mass is 392 g/mol. The van der Waals surface area contributed by atoms with Gasteiger partial charge in [0.15, 0.2) is 5.69 Å². The van der Waals surface area contributed by atoms with E-state index in [1.165, 1.54) is 6.07 Å². The van der Waals surface area contributed by atoms with E-state index in [4.69, 9.17) is 23.2 Å². The molecular formula is C16H17Cl2F3N4. The molecule has 2 N–H and O–H groups in total. The fourth-order valence-corrected chi connectivity index (χ4v) is 2.50. The van der Waals surface area contributed by atoms with Gasteiger partial charge in [-0.15, -0.1) is 0 Å². The first-order valence-corrected chi connectivity index (χ1v) is 8.28. The Morgan fingerprint density at radius 2 is 1.92 bits per heavy atom. The van der Waals surface area contributed by atoms with Crippen molar-refractivity contribution in [3.63, 3.8) is 0 Å². The predicted molar refractivity (Wildman–Crippen MR) is 93.3 cm³/mol. The van der Waals surface area contributed by atoms with Gasteiger partial charge in [-0.2, -0.15) is 13.2 Å². The van der Waals surface area contributed by atoms with E-state index in [9.17, 15) is 13.2 Å². The predicted octanol–water partition coefficient (Wildman–Crippen LogP) is 5.29. The van der Waals surface area contributed by atoms with Crippen molar-refractivity contribution in [1.29, 1.82) is 0 Å². The summed E-state index contributed by atoms with van der Waals surface area (Å²) in [7, 11) is 0. The summed E-state index contributed by atoms with van der Waals surface area (Å²) in [6.07, 6.45) is -3.42. The third-order valence-corrected chi connectivity index (χ3v) is 3.73. The van der Waals surface area contributed by atoms with Crippen molar-refractivity contribution in [2.24, 2.45) is 5.92 Å². The van der Waals surface area contributed by atoms with Gasteiger partial charge in [0, 0.05) is 23.3 Å². The second-order valence-corrected chi connectivity index (χ2v) is 6.68. The Morgan fingerprint density at radius 1 is 1.20 bits per heavy atom. The number of nitrogens with zero attached hydrogens (tertiary/aromatic N) is 2. The zero-order valence-corrected chi connectivity index (χ0v) is 15.1. The van der Waals surface area contributed by atoms with Crippen molar-refractivity contribution in [3.8, 4) is 0 Å². The van der Waals surface area contributed by atoms with Gasteiger partial charge in [-0.3, -0.25) is 0 Å². The maximum Gasteiger partial charge on any atom is 0.433 e. The van der Waals surface area contributed by atoms with Gasteiger partial charge in [-0.1, -0.05) is 37.0 Å². The van der Waals surface area contributed by atoms with E-state index >= 15 is 0 Å². The molecule has 25 heavy (non-hydrogen) atoms. The van der Waals surface area contributed by atoms with Gasteiger partial charge in [0.05, 0.1) is 10.7 Å². The van der Waals surface area contributed by atoms with Crippen molar-refractivity contribution in [2.75, 3.05) is 11.9 Å². The van der Waals surface area contributed by atoms with Crippen LogP contribution in [0.1, 0.15) is 25.1 Å². The van der Waals surface area contributed by atoms with Crippen LogP contribution in [0.3, 0.4) is 0 Å². The van der Waals surface area contributed by atoms with E-state index in [0.29, 0.717) is 23.2 Å². The Bertz CT molecular complexity index is 736. The number of hydrogen-bond acceptors (Lipinski definition) is 4. The van der Waals surface area contributed by atoms with E-state index in [0.717, 1.165) is 6.20 Å². The average Bonchev–Trinajstić information content (AvgIpc) is 2.50. The molecule has 0 fully saturated rings. The molecule has 0 radical (unpaired) electrons. The van der Waals surface area contributed by atoms with Gasteiger partial charge in [0.25, 0.3) is 0 Å². The molecule has 0 atom stereocenters. The summed E-state index contributed by atoms with van der Waals surface area (Å²) in [5, 5.41) is 6.31. The summed E-state index contributed by atoms with van der Waals surface area (Å²) in [5.74, 6) is 0.132. The number of anilines is 2. The Labute approximate surface area is 153 Å². The zero-order chi connectivity index (χ0) is 18.6. The van der Waals surface area contributed by atoms with Gasteiger partial charge in [0.1, 0.15) is 0 Å². The molecule has 0 saturated heterocycles. The van der Waals surface area contributed by atoms with E-state index in [-0.39, 0.29) is 23.1 Å². The standard InChI is InChI=1S/C16H17Cl2F3N4/c1-9(2)6-22-7-10-8-23-15(25-14(10)16(19,20)21)24-13-4-3-11(17)5-12(13)18/h3-5,8-9,22H,6-7H2,1-2H3,(H,23,24,25). The Balaban J connectivity index is 2.25. The number of rotatable bonds is 6. The highest BCUT2D eigenvalue weighted by Gasteiger charge is 2.36. The fourth-order valence-electron chi connectivity index (χ4n) is 2.05. The number of alkyl halides is 3. The van der Waals surface area contributed by atoms with Crippen LogP contribution < -0.4 is 10.6 Å². The highest BCUT2D eigenvalue weighted by Crippen LogP contribution is 2.32. The van der Waals surface area contributed by atoms with Crippen molar-refractivity contribution >= 4 is 34.8 Å². The number of nitrogens with one attached hydrogen (secondary N) is 2. The van der Waals surface area contributed by atoms with Crippen LogP contribution in [0.5, 0.6) is 0 Å². The second-order valence-electron chi connectivity index (χ2n) is 5.84. The van der Waals surface area contributed by atoms with E-state index < -0.39 is 11.9 Å². The van der Waals surface area contributed by atoms with Gasteiger partial charge in [0.2, 0.25) is 5.95 Å². The first-order valence-electron chi connectivity index (χ1n) is 7.52. The van der Waals surface area contributed by atoms with Crippen molar-refractivity contribution in [1.82, 2.24) is 15.3 Å². The van der Waals surface area contributed by atoms with E-state index in [1.807, 2.05) is 13.8 Å². The smallest absolute Gasteiger partial charge is 0.323 e. The van der Waals surface area contributed by atoms with Crippen LogP contribution in [0.4, 0.5) is 24.8 Å². The molecule has 1 heterocycles. The highest BCUT2D eigenvalue weighted by atomic mass is 35.5. The van der Waals surface area contributed by atoms with Crippen LogP contribution in [0.2, 0.25) is 10.0 Å². The quantitative estimate of drug-likeness (QED) is 0.700.